The third kappa shape index (κ3) is 3.77. The van der Waals surface area contributed by atoms with E-state index in [-0.39, 0.29) is 5.56 Å². The van der Waals surface area contributed by atoms with Gasteiger partial charge in [0.05, 0.1) is 13.1 Å². The summed E-state index contributed by atoms with van der Waals surface area (Å²) in [5, 5.41) is 0. The quantitative estimate of drug-likeness (QED) is 0.727. The number of fused-ring (bicyclic) bond motifs is 1. The monoisotopic (exact) mass is 336 g/mol. The molecule has 0 aliphatic heterocycles. The molecule has 0 spiro atoms. The van der Waals surface area contributed by atoms with Crippen molar-refractivity contribution in [3.05, 3.63) is 26.7 Å². The van der Waals surface area contributed by atoms with E-state index in [1.807, 2.05) is 4.57 Å². The Balaban J connectivity index is 2.55. The third-order valence-corrected chi connectivity index (χ3v) is 4.43. The Morgan fingerprint density at radius 3 is 2.54 bits per heavy atom. The van der Waals surface area contributed by atoms with Crippen LogP contribution in [-0.4, -0.2) is 32.2 Å². The van der Waals surface area contributed by atoms with Gasteiger partial charge in [-0.2, -0.15) is 0 Å². The number of rotatable bonds is 8. The highest BCUT2D eigenvalue weighted by Gasteiger charge is 2.20. The number of unbranched alkanes of at least 4 members (excludes halogenated alkanes) is 1. The summed E-state index contributed by atoms with van der Waals surface area (Å²) in [6, 6.07) is 0. The summed E-state index contributed by atoms with van der Waals surface area (Å²) in [5.74, 6) is 1.27. The van der Waals surface area contributed by atoms with Crippen LogP contribution in [0.15, 0.2) is 9.59 Å². The van der Waals surface area contributed by atoms with Gasteiger partial charge in [0, 0.05) is 13.6 Å². The second-order valence-electron chi connectivity index (χ2n) is 6.91. The van der Waals surface area contributed by atoms with E-state index in [4.69, 9.17) is 0 Å². The molecule has 7 heteroatoms. The van der Waals surface area contributed by atoms with Crippen LogP contribution in [0.4, 0.5) is 0 Å². The van der Waals surface area contributed by atoms with Crippen LogP contribution < -0.4 is 16.1 Å². The van der Waals surface area contributed by atoms with Gasteiger partial charge in [0.25, 0.3) is 5.56 Å². The number of H-pyrrole nitrogens is 1. The highest BCUT2D eigenvalue weighted by molar-refractivity contribution is 5.70. The first-order chi connectivity index (χ1) is 11.4. The van der Waals surface area contributed by atoms with Gasteiger partial charge in [-0.05, 0) is 19.3 Å². The summed E-state index contributed by atoms with van der Waals surface area (Å²) in [4.78, 5) is 32.7. The van der Waals surface area contributed by atoms with Crippen LogP contribution in [0.25, 0.3) is 11.2 Å². The van der Waals surface area contributed by atoms with Crippen LogP contribution in [0, 0.1) is 5.92 Å². The lowest BCUT2D eigenvalue weighted by molar-refractivity contribution is -0.913. The summed E-state index contributed by atoms with van der Waals surface area (Å²) in [6.45, 7) is 12.2. The zero-order chi connectivity index (χ0) is 17.9. The van der Waals surface area contributed by atoms with E-state index in [0.29, 0.717) is 17.1 Å². The summed E-state index contributed by atoms with van der Waals surface area (Å²) >= 11 is 0. The molecule has 2 aromatic heterocycles. The van der Waals surface area contributed by atoms with Gasteiger partial charge >= 0.3 is 5.69 Å². The topological polar surface area (TPSA) is 77.1 Å². The molecule has 2 rings (SSSR count). The third-order valence-electron chi connectivity index (χ3n) is 4.43. The summed E-state index contributed by atoms with van der Waals surface area (Å²) in [7, 11) is 1.65. The summed E-state index contributed by atoms with van der Waals surface area (Å²) in [6.07, 6.45) is 2.34. The van der Waals surface area contributed by atoms with Crippen molar-refractivity contribution in [2.45, 2.75) is 53.6 Å². The Morgan fingerprint density at radius 2 is 1.96 bits per heavy atom. The molecule has 0 fully saturated rings. The van der Waals surface area contributed by atoms with Crippen LogP contribution in [0.3, 0.4) is 0 Å². The normalized spacial score (nSPS) is 13.1. The maximum Gasteiger partial charge on any atom is 0.329 e. The average molecular weight is 336 g/mol. The Labute approximate surface area is 142 Å². The van der Waals surface area contributed by atoms with Gasteiger partial charge < -0.3 is 9.47 Å². The lowest BCUT2D eigenvalue weighted by Gasteiger charge is -2.18. The van der Waals surface area contributed by atoms with Crippen LogP contribution >= 0.6 is 0 Å². The molecule has 1 unspecified atom stereocenters. The van der Waals surface area contributed by atoms with Crippen molar-refractivity contribution < 1.29 is 4.90 Å². The van der Waals surface area contributed by atoms with E-state index in [2.05, 4.69) is 37.7 Å². The second-order valence-corrected chi connectivity index (χ2v) is 6.91. The average Bonchev–Trinajstić information content (AvgIpc) is 2.87. The Hall–Kier alpha value is -1.89. The van der Waals surface area contributed by atoms with Crippen LogP contribution in [0.2, 0.25) is 0 Å². The maximum atomic E-state index is 12.4. The predicted molar refractivity (Wildman–Crippen MR) is 95.4 cm³/mol. The van der Waals surface area contributed by atoms with Crippen molar-refractivity contribution in [3.63, 3.8) is 0 Å². The fourth-order valence-electron chi connectivity index (χ4n) is 3.02. The molecular weight excluding hydrogens is 306 g/mol. The fourth-order valence-corrected chi connectivity index (χ4v) is 3.02. The van der Waals surface area contributed by atoms with Crippen molar-refractivity contribution in [2.75, 3.05) is 13.1 Å². The smallest absolute Gasteiger partial charge is 0.329 e. The molecule has 2 N–H and O–H groups in total. The number of hydrogen-bond acceptors (Lipinski definition) is 3. The van der Waals surface area contributed by atoms with Crippen molar-refractivity contribution >= 4 is 11.2 Å². The number of hydrogen-bond donors (Lipinski definition) is 2. The minimum atomic E-state index is -0.418. The van der Waals surface area contributed by atoms with Gasteiger partial charge in [-0.3, -0.25) is 14.3 Å². The first-order valence-electron chi connectivity index (χ1n) is 8.90. The molecule has 2 heterocycles. The molecule has 0 amide bonds. The number of quaternary nitrogens is 1. The van der Waals surface area contributed by atoms with E-state index < -0.39 is 5.69 Å². The number of aryl methyl sites for hydroxylation is 1. The van der Waals surface area contributed by atoms with Crippen molar-refractivity contribution in [1.29, 1.82) is 0 Å². The first-order valence-corrected chi connectivity index (χ1v) is 8.90. The Bertz CT molecular complexity index is 800. The molecule has 1 atom stereocenters. The van der Waals surface area contributed by atoms with Gasteiger partial charge in [0.1, 0.15) is 6.54 Å². The van der Waals surface area contributed by atoms with Crippen molar-refractivity contribution in [3.8, 4) is 0 Å². The Morgan fingerprint density at radius 1 is 1.25 bits per heavy atom. The minimum absolute atomic E-state index is 0.348. The highest BCUT2D eigenvalue weighted by atomic mass is 16.2. The number of nitrogens with one attached hydrogen (secondary N) is 2. The molecule has 0 saturated carbocycles. The van der Waals surface area contributed by atoms with Crippen molar-refractivity contribution in [2.24, 2.45) is 13.0 Å². The molecule has 0 aliphatic carbocycles. The number of imidazole rings is 1. The molecule has 24 heavy (non-hydrogen) atoms. The van der Waals surface area contributed by atoms with Gasteiger partial charge in [-0.25, -0.2) is 9.78 Å². The van der Waals surface area contributed by atoms with Crippen LogP contribution in [-0.2, 0) is 20.1 Å². The number of nitrogens with zero attached hydrogens (tertiary/aromatic N) is 3. The maximum absolute atomic E-state index is 12.4. The largest absolute Gasteiger partial charge is 0.329 e. The molecular formula is C17H30N5O2+. The molecule has 0 radical (unpaired) electrons. The van der Waals surface area contributed by atoms with E-state index in [1.165, 1.54) is 22.3 Å². The summed E-state index contributed by atoms with van der Waals surface area (Å²) in [5.41, 5.74) is 0.218. The van der Waals surface area contributed by atoms with Crippen molar-refractivity contribution in [1.82, 2.24) is 19.1 Å². The standard InChI is InChI=1S/C17H29N5O2/c1-6-8-9-21(7-2)11-13-18-15-14(22(13)10-12(3)4)16(23)19-17(24)20(15)5/h12H,6-11H2,1-5H3,(H,19,23,24)/p+1. The second kappa shape index (κ2) is 7.79. The highest BCUT2D eigenvalue weighted by Crippen LogP contribution is 2.13. The molecule has 7 nitrogen and oxygen atoms in total. The summed E-state index contributed by atoms with van der Waals surface area (Å²) < 4.78 is 3.43. The van der Waals surface area contributed by atoms with Gasteiger partial charge in [0.2, 0.25) is 0 Å². The number of aromatic nitrogens is 4. The fraction of sp³-hybridized carbons (Fsp3) is 0.706. The van der Waals surface area contributed by atoms with Gasteiger partial charge in [-0.15, -0.1) is 0 Å². The van der Waals surface area contributed by atoms with E-state index in [0.717, 1.165) is 32.0 Å². The lowest BCUT2D eigenvalue weighted by atomic mass is 10.2. The lowest BCUT2D eigenvalue weighted by Crippen LogP contribution is -3.10. The number of aromatic amines is 1. The van der Waals surface area contributed by atoms with Crippen LogP contribution in [0.1, 0.15) is 46.4 Å². The van der Waals surface area contributed by atoms with E-state index in [9.17, 15) is 9.59 Å². The molecule has 0 saturated heterocycles. The molecule has 2 aromatic rings. The molecule has 134 valence electrons. The first kappa shape index (κ1) is 18.4. The van der Waals surface area contributed by atoms with Gasteiger partial charge in [-0.1, -0.05) is 27.2 Å². The van der Waals surface area contributed by atoms with Crippen LogP contribution in [0.5, 0.6) is 0 Å². The van der Waals surface area contributed by atoms with Gasteiger partial charge in [0.15, 0.2) is 17.0 Å². The molecule has 0 aromatic carbocycles. The predicted octanol–water partition coefficient (Wildman–Crippen LogP) is 0.284. The Kier molecular flexibility index (Phi) is 5.99. The van der Waals surface area contributed by atoms with E-state index >= 15 is 0 Å². The van der Waals surface area contributed by atoms with E-state index in [1.54, 1.807) is 7.05 Å². The minimum Gasteiger partial charge on any atom is -0.329 e. The molecule has 0 aliphatic rings. The zero-order valence-electron chi connectivity index (χ0n) is 15.5. The SMILES string of the molecule is CCCC[NH+](CC)Cc1nc2c(c(=O)[nH]c(=O)n2C)n1CC(C)C. The zero-order valence-corrected chi connectivity index (χ0v) is 15.5. The molecule has 0 bridgehead atoms.